The van der Waals surface area contributed by atoms with Crippen LogP contribution in [0, 0.1) is 0 Å². The van der Waals surface area contributed by atoms with E-state index in [0.717, 1.165) is 22.2 Å². The lowest BCUT2D eigenvalue weighted by molar-refractivity contribution is -0.145. The Morgan fingerprint density at radius 2 is 1.97 bits per heavy atom. The van der Waals surface area contributed by atoms with Crippen molar-refractivity contribution in [3.8, 4) is 11.5 Å². The van der Waals surface area contributed by atoms with Crippen molar-refractivity contribution >= 4 is 57.9 Å². The maximum Gasteiger partial charge on any atom is 0.326 e. The van der Waals surface area contributed by atoms with Crippen LogP contribution in [0.1, 0.15) is 24.5 Å². The van der Waals surface area contributed by atoms with Gasteiger partial charge in [0.25, 0.3) is 5.91 Å². The maximum atomic E-state index is 12.8. The molecule has 1 fully saturated rings. The zero-order chi connectivity index (χ0) is 22.5. The molecule has 6 nitrogen and oxygen atoms in total. The monoisotopic (exact) mass is 477 g/mol. The second-order valence-electron chi connectivity index (χ2n) is 6.64. The number of rotatable bonds is 8. The average molecular weight is 478 g/mol. The van der Waals surface area contributed by atoms with E-state index in [1.807, 2.05) is 12.1 Å². The number of aliphatic carboxylic acids is 1. The smallest absolute Gasteiger partial charge is 0.326 e. The summed E-state index contributed by atoms with van der Waals surface area (Å²) >= 11 is 12.2. The lowest BCUT2D eigenvalue weighted by Gasteiger charge is -2.21. The number of carboxylic acid groups (broad SMARTS) is 1. The minimum atomic E-state index is -1.08. The molecule has 1 heterocycles. The molecule has 0 aliphatic carbocycles. The molecule has 2 aromatic rings. The van der Waals surface area contributed by atoms with Crippen molar-refractivity contribution in [1.82, 2.24) is 4.90 Å². The summed E-state index contributed by atoms with van der Waals surface area (Å²) in [6.45, 7) is 2.05. The zero-order valence-corrected chi connectivity index (χ0v) is 19.2. The molecule has 3 rings (SSSR count). The fraction of sp³-hybridized carbons (Fsp3) is 0.227. The topological polar surface area (TPSA) is 76.1 Å². The first kappa shape index (κ1) is 23.1. The first-order valence-corrected chi connectivity index (χ1v) is 11.0. The fourth-order valence-electron chi connectivity index (χ4n) is 3.00. The van der Waals surface area contributed by atoms with Crippen LogP contribution in [0.5, 0.6) is 11.5 Å². The van der Waals surface area contributed by atoms with Crippen LogP contribution < -0.4 is 9.47 Å². The van der Waals surface area contributed by atoms with Crippen molar-refractivity contribution in [2.45, 2.75) is 26.0 Å². The number of amides is 1. The quantitative estimate of drug-likeness (QED) is 0.424. The van der Waals surface area contributed by atoms with Crippen molar-refractivity contribution in [2.75, 3.05) is 7.11 Å². The van der Waals surface area contributed by atoms with Gasteiger partial charge in [0.05, 0.1) is 12.0 Å². The van der Waals surface area contributed by atoms with E-state index in [4.69, 9.17) is 33.3 Å². The van der Waals surface area contributed by atoms with E-state index in [-0.39, 0.29) is 10.7 Å². The standard InChI is InChI=1S/C22H20ClNO5S2/c1-3-16(21(26)27)24-20(25)19(31-22(24)30)11-14-6-9-17(18(10-14)28-2)29-12-13-4-7-15(23)8-5-13/h4-11,16H,3,12H2,1-2H3,(H,26,27). The fourth-order valence-corrected chi connectivity index (χ4v) is 4.49. The van der Waals surface area contributed by atoms with Crippen LogP contribution in [0.3, 0.4) is 0 Å². The van der Waals surface area contributed by atoms with Gasteiger partial charge in [0.2, 0.25) is 0 Å². The lowest BCUT2D eigenvalue weighted by atomic mass is 10.1. The Morgan fingerprint density at radius 1 is 1.26 bits per heavy atom. The number of hydrogen-bond donors (Lipinski definition) is 1. The van der Waals surface area contributed by atoms with E-state index in [1.165, 1.54) is 7.11 Å². The summed E-state index contributed by atoms with van der Waals surface area (Å²) in [5, 5.41) is 10.0. The second-order valence-corrected chi connectivity index (χ2v) is 8.75. The van der Waals surface area contributed by atoms with Gasteiger partial charge in [0.1, 0.15) is 17.0 Å². The van der Waals surface area contributed by atoms with E-state index in [2.05, 4.69) is 0 Å². The predicted octanol–water partition coefficient (Wildman–Crippen LogP) is 4.99. The van der Waals surface area contributed by atoms with Crippen LogP contribution in [0.4, 0.5) is 0 Å². The number of thiocarbonyl (C=S) groups is 1. The third-order valence-corrected chi connectivity index (χ3v) is 6.18. The number of carboxylic acids is 1. The molecule has 0 aromatic heterocycles. The van der Waals surface area contributed by atoms with Gasteiger partial charge in [0.15, 0.2) is 11.5 Å². The van der Waals surface area contributed by atoms with Gasteiger partial charge in [-0.15, -0.1) is 0 Å². The van der Waals surface area contributed by atoms with Gasteiger partial charge in [-0.1, -0.05) is 60.7 Å². The molecule has 1 aliphatic rings. The number of carbonyl (C=O) groups is 2. The van der Waals surface area contributed by atoms with Gasteiger partial charge < -0.3 is 14.6 Å². The lowest BCUT2D eigenvalue weighted by Crippen LogP contribution is -2.43. The zero-order valence-electron chi connectivity index (χ0n) is 16.8. The number of ether oxygens (including phenoxy) is 2. The third kappa shape index (κ3) is 5.39. The highest BCUT2D eigenvalue weighted by Crippen LogP contribution is 2.36. The van der Waals surface area contributed by atoms with Crippen molar-refractivity contribution < 1.29 is 24.2 Å². The molecule has 1 atom stereocenters. The van der Waals surface area contributed by atoms with Gasteiger partial charge >= 0.3 is 5.97 Å². The number of thioether (sulfide) groups is 1. The number of benzene rings is 2. The number of methoxy groups -OCH3 is 1. The Kier molecular flexibility index (Phi) is 7.59. The highest BCUT2D eigenvalue weighted by Gasteiger charge is 2.39. The van der Waals surface area contributed by atoms with E-state index < -0.39 is 17.9 Å². The number of halogens is 1. The summed E-state index contributed by atoms with van der Waals surface area (Å²) in [4.78, 5) is 25.7. The molecule has 0 bridgehead atoms. The normalized spacial score (nSPS) is 16.0. The maximum absolute atomic E-state index is 12.8. The minimum Gasteiger partial charge on any atom is -0.493 e. The van der Waals surface area contributed by atoms with Crippen LogP contribution in [0.15, 0.2) is 47.4 Å². The van der Waals surface area contributed by atoms with Gasteiger partial charge in [0, 0.05) is 5.02 Å². The molecule has 0 saturated carbocycles. The Balaban J connectivity index is 1.78. The molecule has 1 amide bonds. The number of nitrogens with zero attached hydrogens (tertiary/aromatic N) is 1. The van der Waals surface area contributed by atoms with Gasteiger partial charge in [-0.3, -0.25) is 9.69 Å². The van der Waals surface area contributed by atoms with Gasteiger partial charge in [-0.25, -0.2) is 4.79 Å². The summed E-state index contributed by atoms with van der Waals surface area (Å²) in [6.07, 6.45) is 1.93. The van der Waals surface area contributed by atoms with E-state index >= 15 is 0 Å². The third-order valence-electron chi connectivity index (χ3n) is 4.60. The minimum absolute atomic E-state index is 0.236. The number of carbonyl (C=O) groups excluding carboxylic acids is 1. The molecule has 2 aromatic carbocycles. The Labute approximate surface area is 194 Å². The van der Waals surface area contributed by atoms with Crippen LogP contribution in [0.2, 0.25) is 5.02 Å². The highest BCUT2D eigenvalue weighted by molar-refractivity contribution is 8.26. The second kappa shape index (κ2) is 10.2. The summed E-state index contributed by atoms with van der Waals surface area (Å²) in [6, 6.07) is 11.7. The molecule has 9 heteroatoms. The molecule has 1 N–H and O–H groups in total. The SMILES string of the molecule is CCC(C(=O)O)N1C(=O)C(=Cc2ccc(OCc3ccc(Cl)cc3)c(OC)c2)SC1=S. The van der Waals surface area contributed by atoms with Crippen LogP contribution in [0.25, 0.3) is 6.08 Å². The molecular weight excluding hydrogens is 458 g/mol. The molecule has 0 spiro atoms. The molecular formula is C22H20ClNO5S2. The molecule has 1 unspecified atom stereocenters. The number of hydrogen-bond acceptors (Lipinski definition) is 6. The molecule has 0 radical (unpaired) electrons. The molecule has 1 aliphatic heterocycles. The van der Waals surface area contributed by atoms with Crippen molar-refractivity contribution in [3.63, 3.8) is 0 Å². The first-order chi connectivity index (χ1) is 14.8. The van der Waals surface area contributed by atoms with Crippen LogP contribution in [-0.2, 0) is 16.2 Å². The summed E-state index contributed by atoms with van der Waals surface area (Å²) in [7, 11) is 1.53. The van der Waals surface area contributed by atoms with Crippen LogP contribution >= 0.6 is 35.6 Å². The van der Waals surface area contributed by atoms with E-state index in [9.17, 15) is 14.7 Å². The molecule has 31 heavy (non-hydrogen) atoms. The van der Waals surface area contributed by atoms with Gasteiger partial charge in [-0.2, -0.15) is 0 Å². The molecule has 162 valence electrons. The summed E-state index contributed by atoms with van der Waals surface area (Å²) in [5.41, 5.74) is 1.67. The van der Waals surface area contributed by atoms with Crippen molar-refractivity contribution in [2.24, 2.45) is 0 Å². The molecule has 1 saturated heterocycles. The Hall–Kier alpha value is -2.55. The van der Waals surface area contributed by atoms with Crippen molar-refractivity contribution in [3.05, 3.63) is 63.5 Å². The van der Waals surface area contributed by atoms with Crippen LogP contribution in [-0.4, -0.2) is 39.4 Å². The average Bonchev–Trinajstić information content (AvgIpc) is 3.02. The Bertz CT molecular complexity index is 1040. The van der Waals surface area contributed by atoms with E-state index in [0.29, 0.717) is 33.6 Å². The van der Waals surface area contributed by atoms with Gasteiger partial charge in [-0.05, 0) is 47.9 Å². The first-order valence-electron chi connectivity index (χ1n) is 9.39. The van der Waals surface area contributed by atoms with Crippen molar-refractivity contribution in [1.29, 1.82) is 0 Å². The predicted molar refractivity (Wildman–Crippen MR) is 126 cm³/mol. The van der Waals surface area contributed by atoms with E-state index in [1.54, 1.807) is 43.3 Å². The summed E-state index contributed by atoms with van der Waals surface area (Å²) in [5.74, 6) is -0.426. The Morgan fingerprint density at radius 3 is 2.58 bits per heavy atom. The highest BCUT2D eigenvalue weighted by atomic mass is 35.5. The largest absolute Gasteiger partial charge is 0.493 e. The summed E-state index contributed by atoms with van der Waals surface area (Å²) < 4.78 is 11.5.